The monoisotopic (exact) mass is 275 g/mol. The van der Waals surface area contributed by atoms with E-state index in [-0.39, 0.29) is 11.3 Å². The van der Waals surface area contributed by atoms with Crippen LogP contribution in [0.15, 0.2) is 30.3 Å². The zero-order valence-corrected chi connectivity index (χ0v) is 12.5. The molecule has 1 amide bonds. The average molecular weight is 275 g/mol. The molecular formula is C16H25N3O. The van der Waals surface area contributed by atoms with Gasteiger partial charge < -0.3 is 15.5 Å². The van der Waals surface area contributed by atoms with Crippen LogP contribution in [0.5, 0.6) is 0 Å². The molecule has 0 spiro atoms. The largest absolute Gasteiger partial charge is 0.373 e. The van der Waals surface area contributed by atoms with E-state index in [0.717, 1.165) is 32.5 Å². The van der Waals surface area contributed by atoms with Crippen molar-refractivity contribution in [3.8, 4) is 0 Å². The second-order valence-corrected chi connectivity index (χ2v) is 5.57. The van der Waals surface area contributed by atoms with E-state index in [0.29, 0.717) is 6.54 Å². The molecule has 0 radical (unpaired) electrons. The number of carbonyl (C=O) groups is 1. The summed E-state index contributed by atoms with van der Waals surface area (Å²) in [4.78, 5) is 14.5. The lowest BCUT2D eigenvalue weighted by molar-refractivity contribution is -0.130. The number of hydrogen-bond acceptors (Lipinski definition) is 3. The molecule has 1 heterocycles. The molecule has 0 aliphatic carbocycles. The Morgan fingerprint density at radius 3 is 2.75 bits per heavy atom. The fourth-order valence-corrected chi connectivity index (χ4v) is 2.74. The van der Waals surface area contributed by atoms with Gasteiger partial charge in [0.1, 0.15) is 0 Å². The summed E-state index contributed by atoms with van der Waals surface area (Å²) in [5.74, 6) is 0.200. The van der Waals surface area contributed by atoms with Gasteiger partial charge in [-0.1, -0.05) is 25.1 Å². The third-order valence-corrected chi connectivity index (χ3v) is 4.33. The predicted octanol–water partition coefficient (Wildman–Crippen LogP) is 1.63. The third-order valence-electron chi connectivity index (χ3n) is 4.33. The number of nitrogens with zero attached hydrogens (tertiary/aromatic N) is 1. The smallest absolute Gasteiger partial charge is 0.227 e. The molecule has 2 rings (SSSR count). The number of para-hydroxylation sites is 1. The molecule has 1 fully saturated rings. The highest BCUT2D eigenvalue weighted by atomic mass is 16.2. The van der Waals surface area contributed by atoms with E-state index in [2.05, 4.69) is 34.6 Å². The zero-order valence-electron chi connectivity index (χ0n) is 12.5. The summed E-state index contributed by atoms with van der Waals surface area (Å²) in [5, 5.41) is 6.40. The number of nitrogens with one attached hydrogen (secondary N) is 2. The summed E-state index contributed by atoms with van der Waals surface area (Å²) in [6.45, 7) is 5.37. The van der Waals surface area contributed by atoms with Gasteiger partial charge in [0.2, 0.25) is 5.91 Å². The summed E-state index contributed by atoms with van der Waals surface area (Å²) < 4.78 is 0. The second-order valence-electron chi connectivity index (χ2n) is 5.57. The minimum atomic E-state index is -0.189. The number of carbonyl (C=O) groups excluding carboxylic acids is 1. The highest BCUT2D eigenvalue weighted by Crippen LogP contribution is 2.29. The molecule has 1 aromatic rings. The van der Waals surface area contributed by atoms with Gasteiger partial charge in [-0.05, 0) is 31.5 Å². The molecule has 110 valence electrons. The van der Waals surface area contributed by atoms with Gasteiger partial charge in [-0.2, -0.15) is 0 Å². The van der Waals surface area contributed by atoms with Gasteiger partial charge in [-0.3, -0.25) is 4.79 Å². The summed E-state index contributed by atoms with van der Waals surface area (Å²) in [7, 11) is 2.05. The first-order valence-corrected chi connectivity index (χ1v) is 7.43. The number of amides is 1. The van der Waals surface area contributed by atoms with E-state index in [9.17, 15) is 4.79 Å². The SMILES string of the molecule is CCC1(C(=O)NCCN(C)c2ccccc2)CCNC1. The Labute approximate surface area is 121 Å². The molecule has 4 nitrogen and oxygen atoms in total. The van der Waals surface area contributed by atoms with Crippen molar-refractivity contribution in [1.29, 1.82) is 0 Å². The zero-order chi connectivity index (χ0) is 14.4. The van der Waals surface area contributed by atoms with E-state index in [1.165, 1.54) is 5.69 Å². The Bertz CT molecular complexity index is 427. The van der Waals surface area contributed by atoms with Crippen LogP contribution in [-0.2, 0) is 4.79 Å². The normalized spacial score (nSPS) is 21.7. The van der Waals surface area contributed by atoms with Crippen molar-refractivity contribution in [2.75, 3.05) is 38.1 Å². The average Bonchev–Trinajstić information content (AvgIpc) is 2.98. The molecule has 2 N–H and O–H groups in total. The van der Waals surface area contributed by atoms with Crippen LogP contribution in [0, 0.1) is 5.41 Å². The maximum Gasteiger partial charge on any atom is 0.227 e. The lowest BCUT2D eigenvalue weighted by Crippen LogP contribution is -2.44. The first-order chi connectivity index (χ1) is 9.68. The molecule has 0 bridgehead atoms. The van der Waals surface area contributed by atoms with E-state index >= 15 is 0 Å². The molecule has 0 saturated carbocycles. The Morgan fingerprint density at radius 2 is 2.15 bits per heavy atom. The van der Waals surface area contributed by atoms with E-state index in [1.807, 2.05) is 25.2 Å². The first-order valence-electron chi connectivity index (χ1n) is 7.43. The fraction of sp³-hybridized carbons (Fsp3) is 0.562. The summed E-state index contributed by atoms with van der Waals surface area (Å²) in [6.07, 6.45) is 1.85. The Kier molecular flexibility index (Phi) is 5.01. The number of benzene rings is 1. The molecule has 1 unspecified atom stereocenters. The van der Waals surface area contributed by atoms with Gasteiger partial charge in [0, 0.05) is 32.4 Å². The van der Waals surface area contributed by atoms with Gasteiger partial charge >= 0.3 is 0 Å². The van der Waals surface area contributed by atoms with Crippen molar-refractivity contribution < 1.29 is 4.79 Å². The number of likely N-dealkylation sites (N-methyl/N-ethyl adjacent to an activating group) is 1. The summed E-state index contributed by atoms with van der Waals surface area (Å²) in [5.41, 5.74) is 0.986. The van der Waals surface area contributed by atoms with Crippen LogP contribution in [0.1, 0.15) is 19.8 Å². The predicted molar refractivity (Wildman–Crippen MR) is 82.9 cm³/mol. The van der Waals surface area contributed by atoms with Gasteiger partial charge in [0.05, 0.1) is 5.41 Å². The van der Waals surface area contributed by atoms with Crippen LogP contribution >= 0.6 is 0 Å². The fourth-order valence-electron chi connectivity index (χ4n) is 2.74. The maximum atomic E-state index is 12.3. The van der Waals surface area contributed by atoms with Gasteiger partial charge in [0.25, 0.3) is 0 Å². The topological polar surface area (TPSA) is 44.4 Å². The van der Waals surface area contributed by atoms with Crippen molar-refractivity contribution in [3.63, 3.8) is 0 Å². The number of anilines is 1. The molecule has 1 saturated heterocycles. The summed E-state index contributed by atoms with van der Waals surface area (Å²) in [6, 6.07) is 10.2. The number of hydrogen-bond donors (Lipinski definition) is 2. The highest BCUT2D eigenvalue weighted by Gasteiger charge is 2.39. The van der Waals surface area contributed by atoms with Crippen LogP contribution < -0.4 is 15.5 Å². The molecular weight excluding hydrogens is 250 g/mol. The van der Waals surface area contributed by atoms with Crippen LogP contribution in [0.25, 0.3) is 0 Å². The molecule has 1 atom stereocenters. The van der Waals surface area contributed by atoms with E-state index < -0.39 is 0 Å². The third kappa shape index (κ3) is 3.31. The van der Waals surface area contributed by atoms with Crippen LogP contribution in [-0.4, -0.2) is 39.1 Å². The first kappa shape index (κ1) is 14.9. The maximum absolute atomic E-state index is 12.3. The molecule has 1 aliphatic heterocycles. The van der Waals surface area contributed by atoms with Crippen LogP contribution in [0.3, 0.4) is 0 Å². The van der Waals surface area contributed by atoms with Crippen molar-refractivity contribution >= 4 is 11.6 Å². The molecule has 4 heteroatoms. The van der Waals surface area contributed by atoms with Crippen molar-refractivity contribution in [2.45, 2.75) is 19.8 Å². The summed E-state index contributed by atoms with van der Waals surface area (Å²) >= 11 is 0. The van der Waals surface area contributed by atoms with Gasteiger partial charge in [0.15, 0.2) is 0 Å². The Morgan fingerprint density at radius 1 is 1.40 bits per heavy atom. The molecule has 20 heavy (non-hydrogen) atoms. The molecule has 1 aliphatic rings. The molecule has 0 aromatic heterocycles. The Balaban J connectivity index is 1.79. The van der Waals surface area contributed by atoms with Crippen molar-refractivity contribution in [3.05, 3.63) is 30.3 Å². The van der Waals surface area contributed by atoms with Gasteiger partial charge in [-0.15, -0.1) is 0 Å². The standard InChI is InChI=1S/C16H25N3O/c1-3-16(9-10-17-13-16)15(20)18-11-12-19(2)14-7-5-4-6-8-14/h4-8,17H,3,9-13H2,1-2H3,(H,18,20). The van der Waals surface area contributed by atoms with Gasteiger partial charge in [-0.25, -0.2) is 0 Å². The quantitative estimate of drug-likeness (QED) is 0.829. The Hall–Kier alpha value is -1.55. The van der Waals surface area contributed by atoms with E-state index in [1.54, 1.807) is 0 Å². The van der Waals surface area contributed by atoms with Crippen molar-refractivity contribution in [2.24, 2.45) is 5.41 Å². The highest BCUT2D eigenvalue weighted by molar-refractivity contribution is 5.83. The second kappa shape index (κ2) is 6.75. The minimum Gasteiger partial charge on any atom is -0.373 e. The lowest BCUT2D eigenvalue weighted by atomic mass is 9.83. The van der Waals surface area contributed by atoms with Crippen molar-refractivity contribution in [1.82, 2.24) is 10.6 Å². The van der Waals surface area contributed by atoms with Crippen LogP contribution in [0.2, 0.25) is 0 Å². The van der Waals surface area contributed by atoms with Crippen LogP contribution in [0.4, 0.5) is 5.69 Å². The molecule has 1 aromatic carbocycles. The van der Waals surface area contributed by atoms with E-state index in [4.69, 9.17) is 0 Å². The lowest BCUT2D eigenvalue weighted by Gasteiger charge is -2.26. The number of rotatable bonds is 6. The minimum absolute atomic E-state index is 0.189.